The lowest BCUT2D eigenvalue weighted by molar-refractivity contribution is -0.184. The summed E-state index contributed by atoms with van der Waals surface area (Å²) in [7, 11) is 0. The highest BCUT2D eigenvalue weighted by atomic mass is 16.7. The standard InChI is InChI=1S/C23H33NO5/c1-2-3-6-9-19(25)12-13-20-18(17-24)16-23(28-14-15-29-23)21(20)10-7-4-5-8-11-22(26)27/h4,7,12-13,18,20-21H,2-3,5-6,8-11,14-16H2,1H3,(H,26,27)/t18-,20?,21?/m1/s1. The third kappa shape index (κ3) is 6.80. The molecule has 0 aromatic carbocycles. The lowest BCUT2D eigenvalue weighted by Crippen LogP contribution is -2.36. The van der Waals surface area contributed by atoms with Gasteiger partial charge in [-0.15, -0.1) is 0 Å². The van der Waals surface area contributed by atoms with Gasteiger partial charge in [-0.05, 0) is 31.8 Å². The highest BCUT2D eigenvalue weighted by Gasteiger charge is 2.56. The van der Waals surface area contributed by atoms with Crippen LogP contribution in [-0.4, -0.2) is 35.9 Å². The van der Waals surface area contributed by atoms with Gasteiger partial charge in [-0.25, -0.2) is 0 Å². The minimum absolute atomic E-state index is 0.0370. The molecular formula is C23H33NO5. The molecule has 1 N–H and O–H groups in total. The van der Waals surface area contributed by atoms with Gasteiger partial charge in [0.05, 0.1) is 25.2 Å². The molecule has 2 rings (SSSR count). The zero-order valence-electron chi connectivity index (χ0n) is 17.3. The second kappa shape index (κ2) is 11.9. The summed E-state index contributed by atoms with van der Waals surface area (Å²) in [6.45, 7) is 3.14. The van der Waals surface area contributed by atoms with Gasteiger partial charge in [0.1, 0.15) is 0 Å². The van der Waals surface area contributed by atoms with Gasteiger partial charge in [0.2, 0.25) is 0 Å². The Kier molecular flexibility index (Phi) is 9.56. The largest absolute Gasteiger partial charge is 0.481 e. The van der Waals surface area contributed by atoms with Crippen molar-refractivity contribution in [1.29, 1.82) is 5.26 Å². The Balaban J connectivity index is 2.04. The summed E-state index contributed by atoms with van der Waals surface area (Å²) in [5.41, 5.74) is 0. The number of carboxylic acid groups (broad SMARTS) is 1. The maximum absolute atomic E-state index is 12.2. The first-order valence-electron chi connectivity index (χ1n) is 10.8. The van der Waals surface area contributed by atoms with Crippen LogP contribution in [0.15, 0.2) is 24.3 Å². The zero-order chi connectivity index (χ0) is 21.1. The average molecular weight is 404 g/mol. The molecule has 0 aromatic rings. The Bertz CT molecular complexity index is 642. The molecule has 29 heavy (non-hydrogen) atoms. The van der Waals surface area contributed by atoms with Crippen molar-refractivity contribution in [2.24, 2.45) is 17.8 Å². The van der Waals surface area contributed by atoms with Crippen LogP contribution in [-0.2, 0) is 19.1 Å². The van der Waals surface area contributed by atoms with E-state index in [9.17, 15) is 14.9 Å². The van der Waals surface area contributed by atoms with E-state index in [4.69, 9.17) is 14.6 Å². The van der Waals surface area contributed by atoms with Gasteiger partial charge >= 0.3 is 5.97 Å². The fourth-order valence-corrected chi connectivity index (χ4v) is 4.29. The predicted octanol–water partition coefficient (Wildman–Crippen LogP) is 4.41. The molecule has 1 aliphatic heterocycles. The summed E-state index contributed by atoms with van der Waals surface area (Å²) in [4.78, 5) is 22.8. The Morgan fingerprint density at radius 2 is 1.93 bits per heavy atom. The molecule has 1 aliphatic carbocycles. The van der Waals surface area contributed by atoms with Gasteiger partial charge in [0.15, 0.2) is 11.6 Å². The quantitative estimate of drug-likeness (QED) is 0.294. The van der Waals surface area contributed by atoms with E-state index in [0.29, 0.717) is 45.3 Å². The first kappa shape index (κ1) is 23.3. The monoisotopic (exact) mass is 403 g/mol. The molecule has 0 aromatic heterocycles. The molecule has 6 nitrogen and oxygen atoms in total. The molecule has 1 spiro atoms. The van der Waals surface area contributed by atoms with Crippen molar-refractivity contribution >= 4 is 11.8 Å². The van der Waals surface area contributed by atoms with E-state index in [-0.39, 0.29) is 30.0 Å². The number of aliphatic carboxylic acids is 1. The van der Waals surface area contributed by atoms with Crippen molar-refractivity contribution < 1.29 is 24.2 Å². The Morgan fingerprint density at radius 3 is 2.59 bits per heavy atom. The van der Waals surface area contributed by atoms with Gasteiger partial charge in [-0.3, -0.25) is 9.59 Å². The van der Waals surface area contributed by atoms with Crippen LogP contribution in [0.25, 0.3) is 0 Å². The fourth-order valence-electron chi connectivity index (χ4n) is 4.29. The number of ketones is 1. The maximum atomic E-state index is 12.2. The van der Waals surface area contributed by atoms with Crippen LogP contribution in [0.3, 0.4) is 0 Å². The topological polar surface area (TPSA) is 96.6 Å². The Morgan fingerprint density at radius 1 is 1.17 bits per heavy atom. The normalized spacial score (nSPS) is 25.9. The van der Waals surface area contributed by atoms with Crippen LogP contribution in [0, 0.1) is 29.1 Å². The van der Waals surface area contributed by atoms with Gasteiger partial charge in [-0.2, -0.15) is 5.26 Å². The molecule has 1 heterocycles. The molecule has 3 atom stereocenters. The van der Waals surface area contributed by atoms with E-state index in [1.165, 1.54) is 0 Å². The van der Waals surface area contributed by atoms with E-state index in [2.05, 4.69) is 13.0 Å². The maximum Gasteiger partial charge on any atom is 0.303 e. The summed E-state index contributed by atoms with van der Waals surface area (Å²) in [6.07, 6.45) is 13.8. The second-order valence-corrected chi connectivity index (χ2v) is 7.91. The van der Waals surface area contributed by atoms with E-state index in [0.717, 1.165) is 19.3 Å². The van der Waals surface area contributed by atoms with E-state index in [1.54, 1.807) is 6.08 Å². The molecule has 0 bridgehead atoms. The first-order valence-corrected chi connectivity index (χ1v) is 10.8. The Labute approximate surface area is 173 Å². The third-order valence-corrected chi connectivity index (χ3v) is 5.79. The number of ether oxygens (including phenoxy) is 2. The molecule has 160 valence electrons. The highest BCUT2D eigenvalue weighted by Crippen LogP contribution is 2.51. The number of rotatable bonds is 12. The van der Waals surface area contributed by atoms with Crippen LogP contribution >= 0.6 is 0 Å². The summed E-state index contributed by atoms with van der Waals surface area (Å²) < 4.78 is 11.9. The molecule has 6 heteroatoms. The molecular weight excluding hydrogens is 370 g/mol. The minimum Gasteiger partial charge on any atom is -0.481 e. The van der Waals surface area contributed by atoms with Crippen molar-refractivity contribution in [3.8, 4) is 6.07 Å². The van der Waals surface area contributed by atoms with Crippen LogP contribution in [0.2, 0.25) is 0 Å². The third-order valence-electron chi connectivity index (χ3n) is 5.79. The summed E-state index contributed by atoms with van der Waals surface area (Å²) in [5, 5.41) is 18.4. The lowest BCUT2D eigenvalue weighted by Gasteiger charge is -2.30. The van der Waals surface area contributed by atoms with Crippen LogP contribution in [0.5, 0.6) is 0 Å². The summed E-state index contributed by atoms with van der Waals surface area (Å²) in [6, 6.07) is 2.38. The number of nitriles is 1. The van der Waals surface area contributed by atoms with Crippen LogP contribution in [0.4, 0.5) is 0 Å². The van der Waals surface area contributed by atoms with Gasteiger partial charge in [0.25, 0.3) is 0 Å². The zero-order valence-corrected chi connectivity index (χ0v) is 17.3. The van der Waals surface area contributed by atoms with Gasteiger partial charge in [-0.1, -0.05) is 38.0 Å². The summed E-state index contributed by atoms with van der Waals surface area (Å²) >= 11 is 0. The van der Waals surface area contributed by atoms with Crippen molar-refractivity contribution in [3.63, 3.8) is 0 Å². The SMILES string of the molecule is CCCCCC(=O)C=CC1C(CC=CCCCC(=O)O)C2(C[C@@H]1C#N)OCCO2. The van der Waals surface area contributed by atoms with E-state index < -0.39 is 11.8 Å². The Hall–Kier alpha value is -1.97. The first-order chi connectivity index (χ1) is 14.0. The number of unbranched alkanes of at least 4 members (excludes halogenated alkanes) is 3. The molecule has 0 amide bonds. The van der Waals surface area contributed by atoms with Crippen molar-refractivity contribution in [2.75, 3.05) is 13.2 Å². The molecule has 0 radical (unpaired) electrons. The predicted molar refractivity (Wildman–Crippen MR) is 109 cm³/mol. The average Bonchev–Trinajstić information content (AvgIpc) is 3.28. The number of carbonyl (C=O) groups is 2. The highest BCUT2D eigenvalue weighted by molar-refractivity contribution is 5.89. The molecule has 2 aliphatic rings. The van der Waals surface area contributed by atoms with Crippen molar-refractivity contribution in [3.05, 3.63) is 24.3 Å². The van der Waals surface area contributed by atoms with E-state index in [1.807, 2.05) is 18.2 Å². The van der Waals surface area contributed by atoms with Gasteiger partial charge in [0, 0.05) is 31.1 Å². The number of hydrogen-bond acceptors (Lipinski definition) is 5. The number of hydrogen-bond donors (Lipinski definition) is 1. The lowest BCUT2D eigenvalue weighted by atomic mass is 9.85. The number of carbonyl (C=O) groups excluding carboxylic acids is 1. The molecule has 1 saturated heterocycles. The second-order valence-electron chi connectivity index (χ2n) is 7.91. The number of nitrogens with zero attached hydrogens (tertiary/aromatic N) is 1. The van der Waals surface area contributed by atoms with Crippen molar-refractivity contribution in [2.45, 2.75) is 70.5 Å². The fraction of sp³-hybridized carbons (Fsp3) is 0.696. The summed E-state index contributed by atoms with van der Waals surface area (Å²) in [5.74, 6) is -1.83. The van der Waals surface area contributed by atoms with Crippen LogP contribution in [0.1, 0.15) is 64.7 Å². The minimum atomic E-state index is -0.786. The number of carboxylic acids is 1. The smallest absolute Gasteiger partial charge is 0.303 e. The molecule has 2 fully saturated rings. The molecule has 2 unspecified atom stereocenters. The van der Waals surface area contributed by atoms with Crippen molar-refractivity contribution in [1.82, 2.24) is 0 Å². The van der Waals surface area contributed by atoms with E-state index >= 15 is 0 Å². The van der Waals surface area contributed by atoms with Crippen LogP contribution < -0.4 is 0 Å². The van der Waals surface area contributed by atoms with Gasteiger partial charge < -0.3 is 14.6 Å². The number of allylic oxidation sites excluding steroid dienone is 4. The molecule has 1 saturated carbocycles.